The standard InChI is InChI=1S/C12H13IN4O2S/c1-7-4-8(13)2-3-9(7)15-10(18)6-20-12-17-16-11(5-14)19-12/h2-4H,5-6,14H2,1H3,(H,15,18). The summed E-state index contributed by atoms with van der Waals surface area (Å²) < 4.78 is 6.34. The maximum absolute atomic E-state index is 11.9. The SMILES string of the molecule is Cc1cc(I)ccc1NC(=O)CSc1nnc(CN)o1. The second-order valence-electron chi connectivity index (χ2n) is 3.96. The van der Waals surface area contributed by atoms with Crippen LogP contribution in [0.1, 0.15) is 11.5 Å². The smallest absolute Gasteiger partial charge is 0.277 e. The van der Waals surface area contributed by atoms with Crippen LogP contribution >= 0.6 is 34.4 Å². The number of aromatic nitrogens is 2. The Labute approximate surface area is 134 Å². The largest absolute Gasteiger partial charge is 0.415 e. The zero-order valence-electron chi connectivity index (χ0n) is 10.7. The predicted octanol–water partition coefficient (Wildman–Crippen LogP) is 2.17. The maximum atomic E-state index is 11.9. The second-order valence-corrected chi connectivity index (χ2v) is 6.13. The van der Waals surface area contributed by atoms with Gasteiger partial charge in [0.25, 0.3) is 5.22 Å². The molecule has 106 valence electrons. The van der Waals surface area contributed by atoms with Gasteiger partial charge >= 0.3 is 0 Å². The molecular formula is C12H13IN4O2S. The van der Waals surface area contributed by atoms with Gasteiger partial charge in [-0.1, -0.05) is 11.8 Å². The average molecular weight is 404 g/mol. The van der Waals surface area contributed by atoms with Gasteiger partial charge in [-0.25, -0.2) is 0 Å². The third-order valence-corrected chi connectivity index (χ3v) is 3.90. The first-order chi connectivity index (χ1) is 9.58. The van der Waals surface area contributed by atoms with E-state index in [1.807, 2.05) is 25.1 Å². The monoisotopic (exact) mass is 404 g/mol. The highest BCUT2D eigenvalue weighted by Crippen LogP contribution is 2.19. The highest BCUT2D eigenvalue weighted by molar-refractivity contribution is 14.1. The van der Waals surface area contributed by atoms with Crippen molar-refractivity contribution in [2.45, 2.75) is 18.7 Å². The topological polar surface area (TPSA) is 94.0 Å². The van der Waals surface area contributed by atoms with Gasteiger partial charge in [0.05, 0.1) is 12.3 Å². The molecule has 8 heteroatoms. The zero-order chi connectivity index (χ0) is 14.5. The molecule has 0 aliphatic carbocycles. The van der Waals surface area contributed by atoms with E-state index >= 15 is 0 Å². The van der Waals surface area contributed by atoms with E-state index in [-0.39, 0.29) is 18.2 Å². The third kappa shape index (κ3) is 4.18. The first-order valence-electron chi connectivity index (χ1n) is 5.79. The van der Waals surface area contributed by atoms with Crippen molar-refractivity contribution in [3.8, 4) is 0 Å². The number of aryl methyl sites for hydroxylation is 1. The summed E-state index contributed by atoms with van der Waals surface area (Å²) in [5, 5.41) is 10.7. The number of nitrogens with zero attached hydrogens (tertiary/aromatic N) is 2. The molecule has 0 bridgehead atoms. The number of hydrogen-bond donors (Lipinski definition) is 2. The molecule has 0 saturated carbocycles. The summed E-state index contributed by atoms with van der Waals surface area (Å²) in [5.74, 6) is 0.450. The van der Waals surface area contributed by atoms with Crippen molar-refractivity contribution in [3.05, 3.63) is 33.2 Å². The Morgan fingerprint density at radius 3 is 2.95 bits per heavy atom. The molecule has 1 amide bonds. The number of amides is 1. The van der Waals surface area contributed by atoms with Gasteiger partial charge in [0.1, 0.15) is 0 Å². The number of rotatable bonds is 5. The van der Waals surface area contributed by atoms with Gasteiger partial charge in [-0.05, 0) is 53.3 Å². The van der Waals surface area contributed by atoms with E-state index in [2.05, 4.69) is 38.1 Å². The molecule has 6 nitrogen and oxygen atoms in total. The molecule has 3 N–H and O–H groups in total. The van der Waals surface area contributed by atoms with Crippen LogP contribution in [0, 0.1) is 10.5 Å². The molecule has 20 heavy (non-hydrogen) atoms. The van der Waals surface area contributed by atoms with Crippen LogP contribution in [0.2, 0.25) is 0 Å². The molecule has 0 fully saturated rings. The third-order valence-electron chi connectivity index (χ3n) is 2.41. The molecule has 0 spiro atoms. The molecule has 1 aromatic heterocycles. The van der Waals surface area contributed by atoms with Crippen molar-refractivity contribution in [3.63, 3.8) is 0 Å². The summed E-state index contributed by atoms with van der Waals surface area (Å²) in [6.45, 7) is 2.15. The molecule has 2 aromatic rings. The van der Waals surface area contributed by atoms with Crippen LogP contribution in [0.25, 0.3) is 0 Å². The Kier molecular flexibility index (Phi) is 5.38. The minimum absolute atomic E-state index is 0.119. The van der Waals surface area contributed by atoms with E-state index in [4.69, 9.17) is 10.2 Å². The number of thioether (sulfide) groups is 1. The number of carbonyl (C=O) groups is 1. The molecule has 0 unspecified atom stereocenters. The number of nitrogens with one attached hydrogen (secondary N) is 1. The number of anilines is 1. The highest BCUT2D eigenvalue weighted by atomic mass is 127. The van der Waals surface area contributed by atoms with Crippen LogP contribution in [0.4, 0.5) is 5.69 Å². The van der Waals surface area contributed by atoms with Crippen LogP contribution in [0.3, 0.4) is 0 Å². The van der Waals surface area contributed by atoms with E-state index in [1.165, 1.54) is 11.8 Å². The van der Waals surface area contributed by atoms with Gasteiger partial charge < -0.3 is 15.5 Å². The van der Waals surface area contributed by atoms with E-state index in [0.29, 0.717) is 11.1 Å². The summed E-state index contributed by atoms with van der Waals surface area (Å²) in [5.41, 5.74) is 7.20. The van der Waals surface area contributed by atoms with Gasteiger partial charge in [0, 0.05) is 9.26 Å². The highest BCUT2D eigenvalue weighted by Gasteiger charge is 2.10. The van der Waals surface area contributed by atoms with E-state index in [9.17, 15) is 4.79 Å². The molecule has 0 saturated heterocycles. The molecule has 1 heterocycles. The van der Waals surface area contributed by atoms with E-state index in [0.717, 1.165) is 14.8 Å². The number of carbonyl (C=O) groups excluding carboxylic acids is 1. The Balaban J connectivity index is 1.89. The number of benzene rings is 1. The molecule has 0 radical (unpaired) electrons. The zero-order valence-corrected chi connectivity index (χ0v) is 13.7. The van der Waals surface area contributed by atoms with Crippen LogP contribution in [0.5, 0.6) is 0 Å². The van der Waals surface area contributed by atoms with Gasteiger partial charge in [-0.2, -0.15) is 0 Å². The Morgan fingerprint density at radius 2 is 2.30 bits per heavy atom. The lowest BCUT2D eigenvalue weighted by atomic mass is 10.2. The van der Waals surface area contributed by atoms with Crippen molar-refractivity contribution in [1.29, 1.82) is 0 Å². The number of nitrogens with two attached hydrogens (primary N) is 1. The molecule has 0 aliphatic heterocycles. The van der Waals surface area contributed by atoms with Crippen molar-refractivity contribution < 1.29 is 9.21 Å². The van der Waals surface area contributed by atoms with Crippen molar-refractivity contribution in [2.75, 3.05) is 11.1 Å². The van der Waals surface area contributed by atoms with Crippen LogP contribution in [-0.4, -0.2) is 21.9 Å². The number of hydrogen-bond acceptors (Lipinski definition) is 6. The lowest BCUT2D eigenvalue weighted by Crippen LogP contribution is -2.14. The van der Waals surface area contributed by atoms with E-state index < -0.39 is 0 Å². The number of halogens is 1. The normalized spacial score (nSPS) is 10.6. The molecule has 0 atom stereocenters. The minimum Gasteiger partial charge on any atom is -0.415 e. The first-order valence-corrected chi connectivity index (χ1v) is 7.86. The van der Waals surface area contributed by atoms with Crippen LogP contribution in [0.15, 0.2) is 27.8 Å². The summed E-state index contributed by atoms with van der Waals surface area (Å²) in [6, 6.07) is 5.84. The maximum Gasteiger partial charge on any atom is 0.277 e. The van der Waals surface area contributed by atoms with Gasteiger partial charge in [0.2, 0.25) is 11.8 Å². The van der Waals surface area contributed by atoms with Crippen molar-refractivity contribution in [1.82, 2.24) is 10.2 Å². The van der Waals surface area contributed by atoms with E-state index in [1.54, 1.807) is 0 Å². The van der Waals surface area contributed by atoms with Crippen LogP contribution in [-0.2, 0) is 11.3 Å². The Bertz CT molecular complexity index is 617. The predicted molar refractivity (Wildman–Crippen MR) is 85.4 cm³/mol. The summed E-state index contributed by atoms with van der Waals surface area (Å²) in [6.07, 6.45) is 0. The Morgan fingerprint density at radius 1 is 1.50 bits per heavy atom. The first kappa shape index (κ1) is 15.3. The van der Waals surface area contributed by atoms with Crippen LogP contribution < -0.4 is 11.1 Å². The summed E-state index contributed by atoms with van der Waals surface area (Å²) in [7, 11) is 0. The lowest BCUT2D eigenvalue weighted by Gasteiger charge is -2.07. The summed E-state index contributed by atoms with van der Waals surface area (Å²) >= 11 is 3.42. The van der Waals surface area contributed by atoms with Gasteiger partial charge in [-0.15, -0.1) is 10.2 Å². The molecule has 0 aliphatic rings. The summed E-state index contributed by atoms with van der Waals surface area (Å²) in [4.78, 5) is 11.9. The Hall–Kier alpha value is -1.13. The van der Waals surface area contributed by atoms with Crippen molar-refractivity contribution in [2.24, 2.45) is 5.73 Å². The average Bonchev–Trinajstić information content (AvgIpc) is 2.88. The van der Waals surface area contributed by atoms with Gasteiger partial charge in [-0.3, -0.25) is 4.79 Å². The fraction of sp³-hybridized carbons (Fsp3) is 0.250. The fourth-order valence-electron chi connectivity index (χ4n) is 1.46. The lowest BCUT2D eigenvalue weighted by molar-refractivity contribution is -0.113. The fourth-order valence-corrected chi connectivity index (χ4v) is 2.69. The molecule has 2 rings (SSSR count). The molecular weight excluding hydrogens is 391 g/mol. The molecule has 1 aromatic carbocycles. The second kappa shape index (κ2) is 7.04. The van der Waals surface area contributed by atoms with Gasteiger partial charge in [0.15, 0.2) is 0 Å². The minimum atomic E-state index is -0.119. The van der Waals surface area contributed by atoms with Crippen molar-refractivity contribution >= 4 is 45.9 Å². The quantitative estimate of drug-likeness (QED) is 0.586.